The largest absolute Gasteiger partial charge is 0.369 e. The first kappa shape index (κ1) is 22.3. The Balaban J connectivity index is 1.46. The number of aryl methyl sites for hydroxylation is 1. The molecule has 4 heterocycles. The summed E-state index contributed by atoms with van der Waals surface area (Å²) in [5, 5.41) is 13.2. The molecule has 0 saturated heterocycles. The number of carbonyl (C=O) groups is 1. The Bertz CT molecular complexity index is 1200. The third-order valence-electron chi connectivity index (χ3n) is 4.72. The predicted octanol–water partition coefficient (Wildman–Crippen LogP) is 3.75. The van der Waals surface area contributed by atoms with Gasteiger partial charge >= 0.3 is 0 Å². The SMILES string of the molecule is CCCNc1nc(SCC)nc2c1cnn2CCNC(=O)c1sc(-n2cccc2)nc1C. The fourth-order valence-corrected chi connectivity index (χ4v) is 4.71. The van der Waals surface area contributed by atoms with Gasteiger partial charge in [-0.05, 0) is 31.2 Å². The minimum atomic E-state index is -0.128. The van der Waals surface area contributed by atoms with Crippen LogP contribution in [0, 0.1) is 6.92 Å². The molecule has 0 radical (unpaired) electrons. The monoisotopic (exact) mass is 470 g/mol. The standard InChI is InChI=1S/C21H26N8OS2/c1-4-8-22-17-15-13-24-29(18(15)27-20(26-17)31-5-2)12-9-23-19(30)16-14(3)25-21(32-16)28-10-6-7-11-28/h6-7,10-11,13H,4-5,8-9,12H2,1-3H3,(H,23,30)(H,22,26,27). The summed E-state index contributed by atoms with van der Waals surface area (Å²) < 4.78 is 3.72. The molecule has 0 spiro atoms. The van der Waals surface area contributed by atoms with Gasteiger partial charge in [0.05, 0.1) is 23.8 Å². The molecule has 168 valence electrons. The summed E-state index contributed by atoms with van der Waals surface area (Å²) in [5.41, 5.74) is 1.49. The molecule has 2 N–H and O–H groups in total. The summed E-state index contributed by atoms with van der Waals surface area (Å²) in [5.74, 6) is 1.57. The smallest absolute Gasteiger partial charge is 0.263 e. The van der Waals surface area contributed by atoms with Crippen LogP contribution in [0.2, 0.25) is 0 Å². The van der Waals surface area contributed by atoms with Gasteiger partial charge in [0.2, 0.25) is 0 Å². The van der Waals surface area contributed by atoms with E-state index in [4.69, 9.17) is 0 Å². The second-order valence-corrected chi connectivity index (χ2v) is 9.29. The molecule has 32 heavy (non-hydrogen) atoms. The fraction of sp³-hybridized carbons (Fsp3) is 0.381. The van der Waals surface area contributed by atoms with Crippen LogP contribution in [-0.2, 0) is 6.54 Å². The number of nitrogens with zero attached hydrogens (tertiary/aromatic N) is 6. The first-order chi connectivity index (χ1) is 15.6. The van der Waals surface area contributed by atoms with Crippen molar-refractivity contribution in [2.24, 2.45) is 0 Å². The highest BCUT2D eigenvalue weighted by molar-refractivity contribution is 7.99. The minimum Gasteiger partial charge on any atom is -0.369 e. The number of anilines is 1. The van der Waals surface area contributed by atoms with Crippen molar-refractivity contribution in [2.75, 3.05) is 24.2 Å². The van der Waals surface area contributed by atoms with Crippen LogP contribution in [0.1, 0.15) is 35.6 Å². The van der Waals surface area contributed by atoms with Crippen molar-refractivity contribution >= 4 is 45.9 Å². The molecule has 0 aliphatic carbocycles. The van der Waals surface area contributed by atoms with Gasteiger partial charge in [-0.25, -0.2) is 19.6 Å². The summed E-state index contributed by atoms with van der Waals surface area (Å²) in [6.07, 6.45) is 6.62. The van der Waals surface area contributed by atoms with Gasteiger partial charge < -0.3 is 15.2 Å². The van der Waals surface area contributed by atoms with Crippen molar-refractivity contribution < 1.29 is 4.79 Å². The Kier molecular flexibility index (Phi) is 7.05. The molecule has 4 rings (SSSR count). The van der Waals surface area contributed by atoms with Gasteiger partial charge in [0.15, 0.2) is 15.9 Å². The van der Waals surface area contributed by atoms with Crippen LogP contribution in [0.4, 0.5) is 5.82 Å². The number of nitrogens with one attached hydrogen (secondary N) is 2. The number of amides is 1. The molecule has 0 aliphatic heterocycles. The third-order valence-corrected chi connectivity index (χ3v) is 6.62. The van der Waals surface area contributed by atoms with Gasteiger partial charge in [0.25, 0.3) is 5.91 Å². The summed E-state index contributed by atoms with van der Waals surface area (Å²) in [6.45, 7) is 7.83. The van der Waals surface area contributed by atoms with E-state index in [0.29, 0.717) is 18.0 Å². The van der Waals surface area contributed by atoms with E-state index in [1.54, 1.807) is 18.0 Å². The molecule has 0 aliphatic rings. The Labute approximate surface area is 194 Å². The lowest BCUT2D eigenvalue weighted by Gasteiger charge is -2.09. The number of carbonyl (C=O) groups excluding carboxylic acids is 1. The summed E-state index contributed by atoms with van der Waals surface area (Å²) in [7, 11) is 0. The molecule has 0 fully saturated rings. The lowest BCUT2D eigenvalue weighted by Crippen LogP contribution is -2.27. The number of fused-ring (bicyclic) bond motifs is 1. The first-order valence-electron chi connectivity index (χ1n) is 10.6. The second kappa shape index (κ2) is 10.1. The van der Waals surface area contributed by atoms with Gasteiger partial charge in [-0.3, -0.25) is 4.79 Å². The van der Waals surface area contributed by atoms with Crippen LogP contribution >= 0.6 is 23.1 Å². The van der Waals surface area contributed by atoms with E-state index in [1.165, 1.54) is 11.3 Å². The highest BCUT2D eigenvalue weighted by Crippen LogP contribution is 2.24. The highest BCUT2D eigenvalue weighted by atomic mass is 32.2. The molecule has 0 atom stereocenters. The van der Waals surface area contributed by atoms with Crippen molar-refractivity contribution in [2.45, 2.75) is 38.9 Å². The molecule has 11 heteroatoms. The summed E-state index contributed by atoms with van der Waals surface area (Å²) in [4.78, 5) is 27.2. The minimum absolute atomic E-state index is 0.128. The van der Waals surface area contributed by atoms with Gasteiger partial charge in [-0.1, -0.05) is 36.9 Å². The van der Waals surface area contributed by atoms with E-state index in [1.807, 2.05) is 40.7 Å². The molecular weight excluding hydrogens is 444 g/mol. The lowest BCUT2D eigenvalue weighted by molar-refractivity contribution is 0.0955. The Morgan fingerprint density at radius 2 is 1.97 bits per heavy atom. The first-order valence-corrected chi connectivity index (χ1v) is 12.4. The van der Waals surface area contributed by atoms with E-state index in [9.17, 15) is 4.79 Å². The second-order valence-electron chi connectivity index (χ2n) is 7.08. The van der Waals surface area contributed by atoms with Crippen molar-refractivity contribution in [1.82, 2.24) is 34.6 Å². The average molecular weight is 471 g/mol. The molecule has 4 aromatic heterocycles. The number of thioether (sulfide) groups is 1. The summed E-state index contributed by atoms with van der Waals surface area (Å²) >= 11 is 2.98. The molecule has 1 amide bonds. The van der Waals surface area contributed by atoms with Crippen molar-refractivity contribution in [3.63, 3.8) is 0 Å². The molecule has 0 unspecified atom stereocenters. The van der Waals surface area contributed by atoms with Crippen LogP contribution in [-0.4, -0.2) is 54.0 Å². The normalized spacial score (nSPS) is 11.2. The van der Waals surface area contributed by atoms with Crippen molar-refractivity contribution in [3.05, 3.63) is 41.3 Å². The van der Waals surface area contributed by atoms with Gasteiger partial charge in [0, 0.05) is 25.5 Å². The van der Waals surface area contributed by atoms with E-state index < -0.39 is 0 Å². The Morgan fingerprint density at radius 1 is 1.16 bits per heavy atom. The zero-order valence-electron chi connectivity index (χ0n) is 18.3. The zero-order valence-corrected chi connectivity index (χ0v) is 20.0. The number of hydrogen-bond acceptors (Lipinski definition) is 8. The Hall–Kier alpha value is -2.92. The van der Waals surface area contributed by atoms with Crippen LogP contribution in [0.15, 0.2) is 35.9 Å². The predicted molar refractivity (Wildman–Crippen MR) is 129 cm³/mol. The number of thiazole rings is 1. The molecule has 0 bridgehead atoms. The van der Waals surface area contributed by atoms with Crippen LogP contribution < -0.4 is 10.6 Å². The maximum absolute atomic E-state index is 12.7. The third kappa shape index (κ3) is 4.78. The van der Waals surface area contributed by atoms with Crippen LogP contribution in [0.25, 0.3) is 16.2 Å². The topological polar surface area (TPSA) is 103 Å². The van der Waals surface area contributed by atoms with Crippen molar-refractivity contribution in [3.8, 4) is 5.13 Å². The molecule has 4 aromatic rings. The fourth-order valence-electron chi connectivity index (χ4n) is 3.19. The van der Waals surface area contributed by atoms with Gasteiger partial charge in [-0.2, -0.15) is 5.10 Å². The maximum atomic E-state index is 12.7. The van der Waals surface area contributed by atoms with Crippen LogP contribution in [0.3, 0.4) is 0 Å². The molecule has 0 saturated carbocycles. The summed E-state index contributed by atoms with van der Waals surface area (Å²) in [6, 6.07) is 3.87. The zero-order chi connectivity index (χ0) is 22.5. The maximum Gasteiger partial charge on any atom is 0.263 e. The molecule has 0 aromatic carbocycles. The number of hydrogen-bond donors (Lipinski definition) is 2. The number of aromatic nitrogens is 6. The van der Waals surface area contributed by atoms with Crippen molar-refractivity contribution in [1.29, 1.82) is 0 Å². The highest BCUT2D eigenvalue weighted by Gasteiger charge is 2.17. The Morgan fingerprint density at radius 3 is 2.72 bits per heavy atom. The van der Waals surface area contributed by atoms with Gasteiger partial charge in [-0.15, -0.1) is 0 Å². The van der Waals surface area contributed by atoms with E-state index >= 15 is 0 Å². The lowest BCUT2D eigenvalue weighted by atomic mass is 10.3. The number of rotatable bonds is 10. The quantitative estimate of drug-likeness (QED) is 0.269. The van der Waals surface area contributed by atoms with Crippen LogP contribution in [0.5, 0.6) is 0 Å². The molecular formula is C21H26N8OS2. The average Bonchev–Trinajstić information content (AvgIpc) is 3.52. The van der Waals surface area contributed by atoms with E-state index in [-0.39, 0.29) is 5.91 Å². The van der Waals surface area contributed by atoms with E-state index in [0.717, 1.165) is 51.6 Å². The van der Waals surface area contributed by atoms with E-state index in [2.05, 4.69) is 44.5 Å². The van der Waals surface area contributed by atoms with Gasteiger partial charge in [0.1, 0.15) is 10.7 Å². The molecule has 9 nitrogen and oxygen atoms in total.